The lowest BCUT2D eigenvalue weighted by molar-refractivity contribution is 0.0969. The Balaban J connectivity index is 2.12. The van der Waals surface area contributed by atoms with Crippen molar-refractivity contribution in [3.8, 4) is 11.3 Å². The largest absolute Gasteiger partial charge is 0.342 e. The molecule has 0 unspecified atom stereocenters. The SMILES string of the molecule is O=C1CCCc2c1c(=O)c(Br)c1n2CCc2ccccc2-1. The fourth-order valence-corrected chi connectivity index (χ4v) is 4.16. The number of benzene rings is 1. The summed E-state index contributed by atoms with van der Waals surface area (Å²) in [5.41, 5.74) is 4.52. The van der Waals surface area contributed by atoms with E-state index in [2.05, 4.69) is 32.6 Å². The summed E-state index contributed by atoms with van der Waals surface area (Å²) in [5, 5.41) is 0. The van der Waals surface area contributed by atoms with Gasteiger partial charge in [0, 0.05) is 24.2 Å². The molecule has 3 nitrogen and oxygen atoms in total. The van der Waals surface area contributed by atoms with Crippen LogP contribution in [0, 0.1) is 0 Å². The highest BCUT2D eigenvalue weighted by Gasteiger charge is 2.30. The highest BCUT2D eigenvalue weighted by molar-refractivity contribution is 9.10. The Morgan fingerprint density at radius 2 is 1.86 bits per heavy atom. The maximum absolute atomic E-state index is 12.6. The van der Waals surface area contributed by atoms with E-state index in [1.54, 1.807) is 0 Å². The molecule has 0 saturated carbocycles. The summed E-state index contributed by atoms with van der Waals surface area (Å²) in [6, 6.07) is 8.19. The number of fused-ring (bicyclic) bond motifs is 5. The molecule has 21 heavy (non-hydrogen) atoms. The molecule has 1 aliphatic carbocycles. The van der Waals surface area contributed by atoms with Gasteiger partial charge in [-0.05, 0) is 40.8 Å². The van der Waals surface area contributed by atoms with Gasteiger partial charge in [-0.2, -0.15) is 0 Å². The van der Waals surface area contributed by atoms with Gasteiger partial charge in [-0.25, -0.2) is 0 Å². The first-order valence-corrected chi connectivity index (χ1v) is 8.04. The fraction of sp³-hybridized carbons (Fsp3) is 0.294. The molecule has 4 rings (SSSR count). The van der Waals surface area contributed by atoms with Gasteiger partial charge in [-0.1, -0.05) is 24.3 Å². The van der Waals surface area contributed by atoms with E-state index in [1.165, 1.54) is 5.56 Å². The summed E-state index contributed by atoms with van der Waals surface area (Å²) in [4.78, 5) is 24.8. The smallest absolute Gasteiger partial charge is 0.207 e. The Labute approximate surface area is 130 Å². The van der Waals surface area contributed by atoms with E-state index in [4.69, 9.17) is 0 Å². The van der Waals surface area contributed by atoms with Crippen LogP contribution in [0.1, 0.15) is 34.5 Å². The van der Waals surface area contributed by atoms with Gasteiger partial charge in [0.1, 0.15) is 0 Å². The number of aromatic nitrogens is 1. The Morgan fingerprint density at radius 3 is 2.71 bits per heavy atom. The normalized spacial score (nSPS) is 16.1. The van der Waals surface area contributed by atoms with Crippen LogP contribution in [0.15, 0.2) is 33.5 Å². The van der Waals surface area contributed by atoms with Crippen LogP contribution in [0.3, 0.4) is 0 Å². The summed E-state index contributed by atoms with van der Waals surface area (Å²) in [7, 11) is 0. The van der Waals surface area contributed by atoms with Crippen molar-refractivity contribution in [2.45, 2.75) is 32.2 Å². The lowest BCUT2D eigenvalue weighted by atomic mass is 9.90. The van der Waals surface area contributed by atoms with Crippen LogP contribution in [-0.4, -0.2) is 10.4 Å². The molecular weight excluding hydrogens is 330 g/mol. The highest BCUT2D eigenvalue weighted by Crippen LogP contribution is 2.36. The minimum atomic E-state index is -0.141. The number of aryl methyl sites for hydroxylation is 1. The molecule has 0 spiro atoms. The van der Waals surface area contributed by atoms with Crippen molar-refractivity contribution in [2.75, 3.05) is 0 Å². The van der Waals surface area contributed by atoms with Gasteiger partial charge in [-0.3, -0.25) is 9.59 Å². The average molecular weight is 344 g/mol. The van der Waals surface area contributed by atoms with Crippen LogP contribution in [-0.2, 0) is 19.4 Å². The van der Waals surface area contributed by atoms with Crippen LogP contribution in [0.4, 0.5) is 0 Å². The first-order chi connectivity index (χ1) is 10.2. The van der Waals surface area contributed by atoms with Gasteiger partial charge < -0.3 is 4.57 Å². The average Bonchev–Trinajstić information content (AvgIpc) is 2.51. The van der Waals surface area contributed by atoms with Gasteiger partial charge >= 0.3 is 0 Å². The first kappa shape index (κ1) is 13.0. The molecular formula is C17H14BrNO2. The Hall–Kier alpha value is -1.68. The van der Waals surface area contributed by atoms with Gasteiger partial charge in [0.15, 0.2) is 5.78 Å². The Morgan fingerprint density at radius 1 is 1.05 bits per heavy atom. The summed E-state index contributed by atoms with van der Waals surface area (Å²) in [6.07, 6.45) is 3.09. The topological polar surface area (TPSA) is 39.1 Å². The molecule has 2 aliphatic rings. The second-order valence-corrected chi connectivity index (χ2v) is 6.44. The molecule has 0 atom stereocenters. The predicted molar refractivity (Wildman–Crippen MR) is 84.8 cm³/mol. The van der Waals surface area contributed by atoms with Gasteiger partial charge in [0.2, 0.25) is 5.43 Å². The summed E-state index contributed by atoms with van der Waals surface area (Å²) in [5.74, 6) is -0.00360. The van der Waals surface area contributed by atoms with Gasteiger partial charge in [0.05, 0.1) is 15.7 Å². The lowest BCUT2D eigenvalue weighted by Crippen LogP contribution is -2.30. The highest BCUT2D eigenvalue weighted by atomic mass is 79.9. The van der Waals surface area contributed by atoms with E-state index in [-0.39, 0.29) is 11.2 Å². The van der Waals surface area contributed by atoms with Gasteiger partial charge in [0.25, 0.3) is 0 Å². The number of rotatable bonds is 0. The minimum absolute atomic E-state index is 0.00360. The van der Waals surface area contributed by atoms with E-state index in [0.717, 1.165) is 42.8 Å². The third kappa shape index (κ3) is 1.78. The van der Waals surface area contributed by atoms with Crippen LogP contribution in [0.5, 0.6) is 0 Å². The van der Waals surface area contributed by atoms with E-state index in [1.807, 2.05) is 12.1 Å². The molecule has 2 aromatic rings. The van der Waals surface area contributed by atoms with Crippen molar-refractivity contribution < 1.29 is 4.79 Å². The van der Waals surface area contributed by atoms with Crippen molar-refractivity contribution in [3.63, 3.8) is 0 Å². The molecule has 2 heterocycles. The van der Waals surface area contributed by atoms with Crippen LogP contribution < -0.4 is 5.43 Å². The maximum Gasteiger partial charge on any atom is 0.207 e. The summed E-state index contributed by atoms with van der Waals surface area (Å²) < 4.78 is 2.71. The van der Waals surface area contributed by atoms with E-state index < -0.39 is 0 Å². The molecule has 1 aromatic carbocycles. The number of nitrogens with zero attached hydrogens (tertiary/aromatic N) is 1. The van der Waals surface area contributed by atoms with Crippen LogP contribution in [0.25, 0.3) is 11.3 Å². The number of pyridine rings is 1. The molecule has 0 N–H and O–H groups in total. The van der Waals surface area contributed by atoms with Crippen molar-refractivity contribution in [1.29, 1.82) is 0 Å². The number of halogens is 1. The Bertz CT molecular complexity index is 835. The second kappa shape index (κ2) is 4.67. The fourth-order valence-electron chi connectivity index (χ4n) is 3.54. The lowest BCUT2D eigenvalue weighted by Gasteiger charge is -2.29. The minimum Gasteiger partial charge on any atom is -0.342 e. The summed E-state index contributed by atoms with van der Waals surface area (Å²) in [6.45, 7) is 0.834. The first-order valence-electron chi connectivity index (χ1n) is 7.25. The molecule has 0 radical (unpaired) electrons. The number of Topliss-reactive ketones (excluding diaryl/α,β-unsaturated/α-hetero) is 1. The third-order valence-electron chi connectivity index (χ3n) is 4.49. The van der Waals surface area contributed by atoms with Crippen LogP contribution >= 0.6 is 15.9 Å². The van der Waals surface area contributed by atoms with Crippen molar-refractivity contribution in [3.05, 3.63) is 55.8 Å². The zero-order valence-electron chi connectivity index (χ0n) is 11.5. The number of carbonyl (C=O) groups excluding carboxylic acids is 1. The number of hydrogen-bond acceptors (Lipinski definition) is 2. The van der Waals surface area contributed by atoms with Gasteiger partial charge in [-0.15, -0.1) is 0 Å². The zero-order valence-corrected chi connectivity index (χ0v) is 13.1. The molecule has 1 aliphatic heterocycles. The third-order valence-corrected chi connectivity index (χ3v) is 5.23. The van der Waals surface area contributed by atoms with Crippen molar-refractivity contribution in [2.24, 2.45) is 0 Å². The maximum atomic E-state index is 12.6. The molecule has 0 fully saturated rings. The number of ketones is 1. The molecule has 4 heteroatoms. The summed E-state index contributed by atoms with van der Waals surface area (Å²) >= 11 is 3.46. The van der Waals surface area contributed by atoms with E-state index >= 15 is 0 Å². The monoisotopic (exact) mass is 343 g/mol. The number of hydrogen-bond donors (Lipinski definition) is 0. The molecule has 0 saturated heterocycles. The molecule has 1 aromatic heterocycles. The quantitative estimate of drug-likeness (QED) is 0.735. The molecule has 0 amide bonds. The van der Waals surface area contributed by atoms with E-state index in [9.17, 15) is 9.59 Å². The second-order valence-electron chi connectivity index (χ2n) is 5.65. The standard InChI is InChI=1S/C17H14BrNO2/c18-15-16-11-5-2-1-4-10(11)8-9-19(16)12-6-3-7-13(20)14(12)17(15)21/h1-2,4-5H,3,6-9H2. The van der Waals surface area contributed by atoms with E-state index in [0.29, 0.717) is 16.5 Å². The molecule has 0 bridgehead atoms. The molecule has 106 valence electrons. The predicted octanol–water partition coefficient (Wildman–Crippen LogP) is 3.35. The number of carbonyl (C=O) groups is 1. The van der Waals surface area contributed by atoms with Crippen LogP contribution in [0.2, 0.25) is 0 Å². The van der Waals surface area contributed by atoms with Crippen molar-refractivity contribution in [1.82, 2.24) is 4.57 Å². The van der Waals surface area contributed by atoms with Crippen molar-refractivity contribution >= 4 is 21.7 Å². The Kier molecular flexibility index (Phi) is 2.89. The zero-order chi connectivity index (χ0) is 14.6.